The summed E-state index contributed by atoms with van der Waals surface area (Å²) in [5, 5.41) is -0.257. The quantitative estimate of drug-likeness (QED) is 0.812. The van der Waals surface area contributed by atoms with E-state index in [0.717, 1.165) is 25.0 Å². The summed E-state index contributed by atoms with van der Waals surface area (Å²) < 4.78 is 54.0. The maximum absolute atomic E-state index is 13.8. The highest BCUT2D eigenvalue weighted by atomic mass is 35.5. The lowest BCUT2D eigenvalue weighted by Gasteiger charge is -2.22. The molecule has 3 nitrogen and oxygen atoms in total. The van der Waals surface area contributed by atoms with Crippen molar-refractivity contribution in [2.75, 3.05) is 0 Å². The Bertz CT molecular complexity index is 838. The molecule has 1 saturated carbocycles. The van der Waals surface area contributed by atoms with Gasteiger partial charge in [0.15, 0.2) is 0 Å². The van der Waals surface area contributed by atoms with E-state index in [-0.39, 0.29) is 22.5 Å². The molecule has 3 rings (SSSR count). The van der Waals surface area contributed by atoms with E-state index in [1.165, 1.54) is 16.4 Å². The minimum absolute atomic E-state index is 0.0608. The molecule has 0 atom stereocenters. The summed E-state index contributed by atoms with van der Waals surface area (Å²) in [6.07, 6.45) is 1.45. The van der Waals surface area contributed by atoms with E-state index in [2.05, 4.69) is 0 Å². The Kier molecular flexibility index (Phi) is 4.40. The van der Waals surface area contributed by atoms with Gasteiger partial charge in [-0.2, -0.15) is 4.31 Å². The predicted molar refractivity (Wildman–Crippen MR) is 83.6 cm³/mol. The molecule has 0 N–H and O–H groups in total. The van der Waals surface area contributed by atoms with Crippen LogP contribution in [0.4, 0.5) is 8.78 Å². The average molecular weight is 358 g/mol. The molecule has 0 unspecified atom stereocenters. The van der Waals surface area contributed by atoms with Crippen LogP contribution < -0.4 is 0 Å². The Balaban J connectivity index is 1.97. The van der Waals surface area contributed by atoms with Gasteiger partial charge in [0.05, 0.1) is 9.92 Å². The van der Waals surface area contributed by atoms with E-state index in [1.54, 1.807) is 18.2 Å². The van der Waals surface area contributed by atoms with Gasteiger partial charge < -0.3 is 0 Å². The molecular formula is C16H14ClF2NO2S. The Hall–Kier alpha value is -1.50. The van der Waals surface area contributed by atoms with Crippen molar-refractivity contribution in [1.29, 1.82) is 0 Å². The van der Waals surface area contributed by atoms with Crippen molar-refractivity contribution in [3.8, 4) is 0 Å². The zero-order valence-corrected chi connectivity index (χ0v) is 13.6. The van der Waals surface area contributed by atoms with E-state index in [9.17, 15) is 17.2 Å². The average Bonchev–Trinajstić information content (AvgIpc) is 3.33. The molecule has 2 aromatic rings. The van der Waals surface area contributed by atoms with E-state index in [4.69, 9.17) is 11.6 Å². The highest BCUT2D eigenvalue weighted by molar-refractivity contribution is 7.89. The predicted octanol–water partition coefficient (Wildman–Crippen LogP) is 3.97. The molecule has 7 heteroatoms. The molecule has 23 heavy (non-hydrogen) atoms. The number of hydrogen-bond acceptors (Lipinski definition) is 2. The van der Waals surface area contributed by atoms with Gasteiger partial charge in [0.2, 0.25) is 10.0 Å². The molecule has 1 aliphatic carbocycles. The van der Waals surface area contributed by atoms with Crippen LogP contribution in [0.2, 0.25) is 5.02 Å². The molecule has 0 heterocycles. The van der Waals surface area contributed by atoms with Crippen molar-refractivity contribution in [2.45, 2.75) is 30.3 Å². The summed E-state index contributed by atoms with van der Waals surface area (Å²) in [5.74, 6) is -1.14. The Morgan fingerprint density at radius 2 is 1.78 bits per heavy atom. The van der Waals surface area contributed by atoms with Gasteiger partial charge in [0.25, 0.3) is 0 Å². The number of halogens is 3. The standard InChI is InChI=1S/C16H14ClF2NO2S/c17-14-9-13(7-8-16(14)19)23(21,22)20(12-5-6-12)10-11-3-1-2-4-15(11)18/h1-4,7-9,12H,5-6,10H2. The van der Waals surface area contributed by atoms with E-state index in [1.807, 2.05) is 0 Å². The third kappa shape index (κ3) is 3.39. The largest absolute Gasteiger partial charge is 0.243 e. The number of sulfonamides is 1. The van der Waals surface area contributed by atoms with E-state index < -0.39 is 21.7 Å². The van der Waals surface area contributed by atoms with E-state index in [0.29, 0.717) is 5.56 Å². The van der Waals surface area contributed by atoms with Crippen molar-refractivity contribution in [3.05, 3.63) is 64.7 Å². The molecule has 0 amide bonds. The first kappa shape index (κ1) is 16.4. The van der Waals surface area contributed by atoms with Crippen LogP contribution in [0.1, 0.15) is 18.4 Å². The highest BCUT2D eigenvalue weighted by Crippen LogP contribution is 2.34. The van der Waals surface area contributed by atoms with Crippen molar-refractivity contribution < 1.29 is 17.2 Å². The normalized spacial score (nSPS) is 15.1. The third-order valence-corrected chi connectivity index (χ3v) is 5.92. The van der Waals surface area contributed by atoms with Crippen LogP contribution in [0.3, 0.4) is 0 Å². The van der Waals surface area contributed by atoms with E-state index >= 15 is 0 Å². The van der Waals surface area contributed by atoms with Crippen molar-refractivity contribution in [3.63, 3.8) is 0 Å². The summed E-state index contributed by atoms with van der Waals surface area (Å²) >= 11 is 5.69. The second-order valence-corrected chi connectivity index (χ2v) is 7.75. The first-order valence-electron chi connectivity index (χ1n) is 7.10. The third-order valence-electron chi connectivity index (χ3n) is 3.74. The number of rotatable bonds is 5. The molecule has 0 aliphatic heterocycles. The molecule has 0 bridgehead atoms. The summed E-state index contributed by atoms with van der Waals surface area (Å²) in [6.45, 7) is -0.0608. The molecule has 2 aromatic carbocycles. The molecule has 0 aromatic heterocycles. The maximum Gasteiger partial charge on any atom is 0.243 e. The van der Waals surface area contributed by atoms with Crippen LogP contribution in [0, 0.1) is 11.6 Å². The summed E-state index contributed by atoms with van der Waals surface area (Å²) in [6, 6.07) is 9.17. The fourth-order valence-corrected chi connectivity index (χ4v) is 4.28. The second-order valence-electron chi connectivity index (χ2n) is 5.45. The zero-order valence-electron chi connectivity index (χ0n) is 12.0. The monoisotopic (exact) mass is 357 g/mol. The van der Waals surface area contributed by atoms with Gasteiger partial charge in [0.1, 0.15) is 11.6 Å². The minimum Gasteiger partial charge on any atom is -0.207 e. The lowest BCUT2D eigenvalue weighted by atomic mass is 10.2. The van der Waals surface area contributed by atoms with Crippen LogP contribution in [0.25, 0.3) is 0 Å². The van der Waals surface area contributed by atoms with Gasteiger partial charge in [-0.3, -0.25) is 0 Å². The molecule has 1 aliphatic rings. The SMILES string of the molecule is O=S(=O)(c1ccc(F)c(Cl)c1)N(Cc1ccccc1F)C1CC1. The van der Waals surface area contributed by atoms with Gasteiger partial charge in [-0.1, -0.05) is 29.8 Å². The zero-order chi connectivity index (χ0) is 16.6. The van der Waals surface area contributed by atoms with Gasteiger partial charge in [-0.05, 0) is 37.1 Å². The van der Waals surface area contributed by atoms with Crippen LogP contribution in [0.15, 0.2) is 47.4 Å². The Labute approximate surface area is 138 Å². The fourth-order valence-electron chi connectivity index (χ4n) is 2.34. The second kappa shape index (κ2) is 6.19. The van der Waals surface area contributed by atoms with Gasteiger partial charge in [-0.15, -0.1) is 0 Å². The van der Waals surface area contributed by atoms with Crippen LogP contribution in [0.5, 0.6) is 0 Å². The Morgan fingerprint density at radius 1 is 1.09 bits per heavy atom. The fraction of sp³-hybridized carbons (Fsp3) is 0.250. The maximum atomic E-state index is 13.8. The minimum atomic E-state index is -3.88. The lowest BCUT2D eigenvalue weighted by molar-refractivity contribution is 0.391. The number of benzene rings is 2. The van der Waals surface area contributed by atoms with Crippen LogP contribution in [-0.4, -0.2) is 18.8 Å². The van der Waals surface area contributed by atoms with Crippen LogP contribution >= 0.6 is 11.6 Å². The molecule has 0 radical (unpaired) electrons. The summed E-state index contributed by atoms with van der Waals surface area (Å²) in [7, 11) is -3.88. The molecule has 0 saturated heterocycles. The number of hydrogen-bond donors (Lipinski definition) is 0. The van der Waals surface area contributed by atoms with Crippen LogP contribution in [-0.2, 0) is 16.6 Å². The first-order valence-corrected chi connectivity index (χ1v) is 8.91. The van der Waals surface area contributed by atoms with Gasteiger partial charge in [0, 0.05) is 18.2 Å². The molecular weight excluding hydrogens is 344 g/mol. The molecule has 0 spiro atoms. The lowest BCUT2D eigenvalue weighted by Crippen LogP contribution is -2.33. The van der Waals surface area contributed by atoms with Gasteiger partial charge >= 0.3 is 0 Å². The topological polar surface area (TPSA) is 37.4 Å². The van der Waals surface area contributed by atoms with Gasteiger partial charge in [-0.25, -0.2) is 17.2 Å². The van der Waals surface area contributed by atoms with Crippen molar-refractivity contribution >= 4 is 21.6 Å². The first-order chi connectivity index (χ1) is 10.9. The molecule has 1 fully saturated rings. The Morgan fingerprint density at radius 3 is 2.39 bits per heavy atom. The summed E-state index contributed by atoms with van der Waals surface area (Å²) in [4.78, 5) is -0.0906. The highest BCUT2D eigenvalue weighted by Gasteiger charge is 2.38. The molecule has 122 valence electrons. The number of nitrogens with zero attached hydrogens (tertiary/aromatic N) is 1. The van der Waals surface area contributed by atoms with Crippen molar-refractivity contribution in [2.24, 2.45) is 0 Å². The van der Waals surface area contributed by atoms with Crippen molar-refractivity contribution in [1.82, 2.24) is 4.31 Å². The smallest absolute Gasteiger partial charge is 0.207 e. The summed E-state index contributed by atoms with van der Waals surface area (Å²) in [5.41, 5.74) is 0.302.